The molecule has 0 unspecified atom stereocenters. The van der Waals surface area contributed by atoms with Gasteiger partial charge >= 0.3 is 0 Å². The number of halogens is 1. The molecular formula is C15H15ClO3S. The van der Waals surface area contributed by atoms with E-state index in [-0.39, 0.29) is 4.90 Å². The van der Waals surface area contributed by atoms with Gasteiger partial charge in [0.1, 0.15) is 12.4 Å². The van der Waals surface area contributed by atoms with Crippen LogP contribution >= 0.6 is 10.7 Å². The van der Waals surface area contributed by atoms with Crippen LogP contribution in [0.25, 0.3) is 0 Å². The van der Waals surface area contributed by atoms with E-state index in [1.54, 1.807) is 12.1 Å². The first-order valence-electron chi connectivity index (χ1n) is 6.10. The van der Waals surface area contributed by atoms with Crippen molar-refractivity contribution in [2.75, 3.05) is 0 Å². The fourth-order valence-electron chi connectivity index (χ4n) is 1.93. The number of rotatable bonds is 4. The predicted molar refractivity (Wildman–Crippen MR) is 79.7 cm³/mol. The summed E-state index contributed by atoms with van der Waals surface area (Å²) in [6.45, 7) is 4.52. The van der Waals surface area contributed by atoms with Gasteiger partial charge in [-0.1, -0.05) is 18.2 Å². The molecule has 3 nitrogen and oxygen atoms in total. The first-order valence-corrected chi connectivity index (χ1v) is 8.41. The van der Waals surface area contributed by atoms with E-state index in [1.807, 2.05) is 32.0 Å². The Hall–Kier alpha value is -1.52. The van der Waals surface area contributed by atoms with Gasteiger partial charge in [-0.15, -0.1) is 0 Å². The minimum absolute atomic E-state index is 0.0681. The zero-order valence-electron chi connectivity index (χ0n) is 11.3. The predicted octanol–water partition coefficient (Wildman–Crippen LogP) is 3.81. The Labute approximate surface area is 123 Å². The van der Waals surface area contributed by atoms with Crippen LogP contribution in [0, 0.1) is 13.8 Å². The van der Waals surface area contributed by atoms with Crippen LogP contribution in [-0.2, 0) is 15.7 Å². The number of hydrogen-bond acceptors (Lipinski definition) is 3. The molecule has 0 aliphatic carbocycles. The number of benzene rings is 2. The fourth-order valence-corrected chi connectivity index (χ4v) is 2.70. The lowest BCUT2D eigenvalue weighted by molar-refractivity contribution is 0.304. The lowest BCUT2D eigenvalue weighted by Crippen LogP contribution is -2.00. The zero-order valence-corrected chi connectivity index (χ0v) is 12.8. The van der Waals surface area contributed by atoms with Crippen molar-refractivity contribution in [3.63, 3.8) is 0 Å². The molecule has 0 amide bonds. The van der Waals surface area contributed by atoms with Crippen LogP contribution in [-0.4, -0.2) is 8.42 Å². The molecule has 5 heteroatoms. The molecule has 0 atom stereocenters. The SMILES string of the molecule is Cc1cccc(C)c1COc1ccc(S(=O)(=O)Cl)cc1. The lowest BCUT2D eigenvalue weighted by Gasteiger charge is -2.11. The van der Waals surface area contributed by atoms with Gasteiger partial charge in [0.15, 0.2) is 0 Å². The second-order valence-corrected chi connectivity index (χ2v) is 7.13. The molecule has 0 bridgehead atoms. The number of ether oxygens (including phenoxy) is 1. The van der Waals surface area contributed by atoms with E-state index in [0.29, 0.717) is 12.4 Å². The first-order chi connectivity index (χ1) is 9.38. The van der Waals surface area contributed by atoms with Gasteiger partial charge in [0, 0.05) is 10.7 Å². The Balaban J connectivity index is 2.12. The quantitative estimate of drug-likeness (QED) is 0.807. The van der Waals surface area contributed by atoms with E-state index < -0.39 is 9.05 Å². The van der Waals surface area contributed by atoms with Crippen molar-refractivity contribution >= 4 is 19.7 Å². The van der Waals surface area contributed by atoms with Gasteiger partial charge in [-0.2, -0.15) is 0 Å². The Morgan fingerprint density at radius 3 is 2.05 bits per heavy atom. The molecule has 2 aromatic carbocycles. The summed E-state index contributed by atoms with van der Waals surface area (Å²) in [6, 6.07) is 12.1. The molecule has 0 spiro atoms. The van der Waals surface area contributed by atoms with Crippen molar-refractivity contribution in [3.8, 4) is 5.75 Å². The number of hydrogen-bond donors (Lipinski definition) is 0. The fraction of sp³-hybridized carbons (Fsp3) is 0.200. The largest absolute Gasteiger partial charge is 0.489 e. The average molecular weight is 311 g/mol. The van der Waals surface area contributed by atoms with Crippen molar-refractivity contribution < 1.29 is 13.2 Å². The second-order valence-electron chi connectivity index (χ2n) is 4.57. The van der Waals surface area contributed by atoms with Gasteiger partial charge in [0.05, 0.1) is 4.90 Å². The Morgan fingerprint density at radius 1 is 1.00 bits per heavy atom. The van der Waals surface area contributed by atoms with Gasteiger partial charge in [0.2, 0.25) is 0 Å². The summed E-state index contributed by atoms with van der Waals surface area (Å²) < 4.78 is 28.0. The van der Waals surface area contributed by atoms with E-state index in [1.165, 1.54) is 23.3 Å². The van der Waals surface area contributed by atoms with Crippen LogP contribution in [0.1, 0.15) is 16.7 Å². The summed E-state index contributed by atoms with van der Waals surface area (Å²) in [5.74, 6) is 0.608. The van der Waals surface area contributed by atoms with Gasteiger partial charge < -0.3 is 4.74 Å². The minimum atomic E-state index is -3.68. The smallest absolute Gasteiger partial charge is 0.261 e. The normalized spacial score (nSPS) is 11.3. The molecule has 0 fully saturated rings. The highest BCUT2D eigenvalue weighted by Gasteiger charge is 2.09. The summed E-state index contributed by atoms with van der Waals surface area (Å²) in [5.41, 5.74) is 3.48. The van der Waals surface area contributed by atoms with Gasteiger partial charge in [-0.25, -0.2) is 8.42 Å². The Morgan fingerprint density at radius 2 is 1.55 bits per heavy atom. The van der Waals surface area contributed by atoms with Crippen LogP contribution in [0.2, 0.25) is 0 Å². The maximum atomic E-state index is 11.1. The molecule has 0 saturated carbocycles. The van der Waals surface area contributed by atoms with Crippen LogP contribution in [0.15, 0.2) is 47.4 Å². The third-order valence-corrected chi connectivity index (χ3v) is 4.50. The molecule has 2 rings (SSSR count). The number of aryl methyl sites for hydroxylation is 2. The van der Waals surface area contributed by atoms with Crippen molar-refractivity contribution in [2.45, 2.75) is 25.3 Å². The molecule has 0 aliphatic rings. The summed E-state index contributed by atoms with van der Waals surface area (Å²) >= 11 is 0. The van der Waals surface area contributed by atoms with Gasteiger partial charge in [-0.3, -0.25) is 0 Å². The van der Waals surface area contributed by atoms with Crippen LogP contribution in [0.5, 0.6) is 5.75 Å². The van der Waals surface area contributed by atoms with Gasteiger partial charge in [-0.05, 0) is 54.8 Å². The highest BCUT2D eigenvalue weighted by atomic mass is 35.7. The molecule has 0 aromatic heterocycles. The molecule has 0 heterocycles. The standard InChI is InChI=1S/C15H15ClO3S/c1-11-4-3-5-12(2)15(11)10-19-13-6-8-14(9-7-13)20(16,17)18/h3-9H,10H2,1-2H3. The van der Waals surface area contributed by atoms with E-state index in [2.05, 4.69) is 0 Å². The molecular weight excluding hydrogens is 296 g/mol. The van der Waals surface area contributed by atoms with Crippen molar-refractivity contribution in [2.24, 2.45) is 0 Å². The molecule has 106 valence electrons. The molecule has 0 aliphatic heterocycles. The highest BCUT2D eigenvalue weighted by molar-refractivity contribution is 8.13. The zero-order chi connectivity index (χ0) is 14.8. The topological polar surface area (TPSA) is 43.4 Å². The maximum absolute atomic E-state index is 11.1. The van der Waals surface area contributed by atoms with Crippen LogP contribution in [0.3, 0.4) is 0 Å². The molecule has 2 aromatic rings. The molecule has 0 saturated heterocycles. The average Bonchev–Trinajstić information content (AvgIpc) is 2.37. The van der Waals surface area contributed by atoms with E-state index in [0.717, 1.165) is 5.56 Å². The summed E-state index contributed by atoms with van der Waals surface area (Å²) in [5, 5.41) is 0. The Bertz CT molecular complexity index is 686. The molecule has 0 N–H and O–H groups in total. The van der Waals surface area contributed by atoms with Gasteiger partial charge in [0.25, 0.3) is 9.05 Å². The van der Waals surface area contributed by atoms with Crippen LogP contribution < -0.4 is 4.74 Å². The van der Waals surface area contributed by atoms with E-state index in [9.17, 15) is 8.42 Å². The second kappa shape index (κ2) is 5.85. The molecule has 20 heavy (non-hydrogen) atoms. The van der Waals surface area contributed by atoms with Crippen molar-refractivity contribution in [1.82, 2.24) is 0 Å². The Kier molecular flexibility index (Phi) is 4.35. The maximum Gasteiger partial charge on any atom is 0.261 e. The summed E-state index contributed by atoms with van der Waals surface area (Å²) in [6.07, 6.45) is 0. The third kappa shape index (κ3) is 3.52. The first kappa shape index (κ1) is 14.9. The highest BCUT2D eigenvalue weighted by Crippen LogP contribution is 2.21. The minimum Gasteiger partial charge on any atom is -0.489 e. The third-order valence-electron chi connectivity index (χ3n) is 3.13. The van der Waals surface area contributed by atoms with E-state index >= 15 is 0 Å². The van der Waals surface area contributed by atoms with Crippen molar-refractivity contribution in [3.05, 3.63) is 59.2 Å². The lowest BCUT2D eigenvalue weighted by atomic mass is 10.0. The van der Waals surface area contributed by atoms with E-state index in [4.69, 9.17) is 15.4 Å². The monoisotopic (exact) mass is 310 g/mol. The summed E-state index contributed by atoms with van der Waals surface area (Å²) in [7, 11) is 1.57. The van der Waals surface area contributed by atoms with Crippen LogP contribution in [0.4, 0.5) is 0 Å². The molecule has 0 radical (unpaired) electrons. The van der Waals surface area contributed by atoms with Crippen molar-refractivity contribution in [1.29, 1.82) is 0 Å². The summed E-state index contributed by atoms with van der Waals surface area (Å²) in [4.78, 5) is 0.0681.